The van der Waals surface area contributed by atoms with Gasteiger partial charge in [-0.05, 0) is 12.1 Å². The predicted octanol–water partition coefficient (Wildman–Crippen LogP) is 2.71. The number of fused-ring (bicyclic) bond motifs is 3. The molecule has 20 heavy (non-hydrogen) atoms. The van der Waals surface area contributed by atoms with Gasteiger partial charge >= 0.3 is 0 Å². The van der Waals surface area contributed by atoms with Crippen LogP contribution in [0, 0.1) is 20.2 Å². The maximum atomic E-state index is 12.2. The molecule has 0 aliphatic heterocycles. The minimum atomic E-state index is -0.606. The lowest BCUT2D eigenvalue weighted by Crippen LogP contribution is -1.97. The highest BCUT2D eigenvalue weighted by atomic mass is 16.6. The minimum absolute atomic E-state index is 0.128. The molecule has 0 unspecified atom stereocenters. The third-order valence-corrected chi connectivity index (χ3v) is 3.21. The fraction of sp³-hybridized carbons (Fsp3) is 0. The van der Waals surface area contributed by atoms with Crippen molar-refractivity contribution in [3.63, 3.8) is 0 Å². The second kappa shape index (κ2) is 3.95. The average Bonchev–Trinajstić information content (AvgIpc) is 2.72. The van der Waals surface area contributed by atoms with Crippen LogP contribution < -0.4 is 0 Å². The Morgan fingerprint density at radius 2 is 1.60 bits per heavy atom. The molecule has 0 spiro atoms. The highest BCUT2D eigenvalue weighted by Gasteiger charge is 2.33. The van der Waals surface area contributed by atoms with E-state index in [4.69, 9.17) is 0 Å². The van der Waals surface area contributed by atoms with Crippen LogP contribution in [0.3, 0.4) is 0 Å². The number of ketones is 1. The van der Waals surface area contributed by atoms with Gasteiger partial charge < -0.3 is 0 Å². The maximum absolute atomic E-state index is 12.2. The molecule has 0 N–H and O–H groups in total. The van der Waals surface area contributed by atoms with E-state index in [2.05, 4.69) is 0 Å². The first-order valence-corrected chi connectivity index (χ1v) is 5.61. The normalized spacial score (nSPS) is 11.9. The summed E-state index contributed by atoms with van der Waals surface area (Å²) in [6.45, 7) is 0. The molecule has 1 aliphatic rings. The first kappa shape index (κ1) is 12.0. The zero-order valence-corrected chi connectivity index (χ0v) is 9.90. The molecule has 0 atom stereocenters. The second-order valence-corrected chi connectivity index (χ2v) is 4.27. The lowest BCUT2D eigenvalue weighted by Gasteiger charge is -2.00. The molecular weight excluding hydrogens is 264 g/mol. The lowest BCUT2D eigenvalue weighted by atomic mass is 10.0. The van der Waals surface area contributed by atoms with Gasteiger partial charge in [0, 0.05) is 34.9 Å². The Labute approximate surface area is 111 Å². The molecular formula is C13H6N2O5. The van der Waals surface area contributed by atoms with Crippen molar-refractivity contribution in [2.45, 2.75) is 0 Å². The number of benzene rings is 2. The number of nitro benzene ring substituents is 2. The van der Waals surface area contributed by atoms with Crippen molar-refractivity contribution in [3.8, 4) is 11.1 Å². The number of carbonyl (C=O) groups is 1. The Kier molecular flexibility index (Phi) is 2.37. The molecule has 3 rings (SSSR count). The van der Waals surface area contributed by atoms with Crippen LogP contribution in [0.1, 0.15) is 15.9 Å². The van der Waals surface area contributed by atoms with Gasteiger partial charge in [0.15, 0.2) is 5.78 Å². The third kappa shape index (κ3) is 1.50. The van der Waals surface area contributed by atoms with E-state index in [1.54, 1.807) is 0 Å². The van der Waals surface area contributed by atoms with E-state index in [-0.39, 0.29) is 28.1 Å². The fourth-order valence-electron chi connectivity index (χ4n) is 2.36. The van der Waals surface area contributed by atoms with E-state index >= 15 is 0 Å². The molecule has 2 aromatic carbocycles. The minimum Gasteiger partial charge on any atom is -0.289 e. The number of hydrogen-bond acceptors (Lipinski definition) is 5. The van der Waals surface area contributed by atoms with Crippen molar-refractivity contribution in [1.82, 2.24) is 0 Å². The molecule has 0 saturated heterocycles. The van der Waals surface area contributed by atoms with Crippen LogP contribution in [0.4, 0.5) is 11.4 Å². The topological polar surface area (TPSA) is 103 Å². The van der Waals surface area contributed by atoms with Crippen LogP contribution in [-0.2, 0) is 0 Å². The van der Waals surface area contributed by atoms with Gasteiger partial charge in [0.2, 0.25) is 0 Å². The van der Waals surface area contributed by atoms with E-state index in [0.29, 0.717) is 5.56 Å². The monoisotopic (exact) mass is 270 g/mol. The summed E-state index contributed by atoms with van der Waals surface area (Å²) < 4.78 is 0. The van der Waals surface area contributed by atoms with Crippen molar-refractivity contribution in [2.75, 3.05) is 0 Å². The first-order chi connectivity index (χ1) is 9.50. The predicted molar refractivity (Wildman–Crippen MR) is 68.6 cm³/mol. The smallest absolute Gasteiger partial charge is 0.277 e. The summed E-state index contributed by atoms with van der Waals surface area (Å²) in [6, 6.07) is 7.98. The Morgan fingerprint density at radius 1 is 0.850 bits per heavy atom. The maximum Gasteiger partial charge on any atom is 0.277 e. The van der Waals surface area contributed by atoms with Crippen LogP contribution in [0.2, 0.25) is 0 Å². The number of non-ortho nitro benzene ring substituents is 1. The molecule has 0 radical (unpaired) electrons. The highest BCUT2D eigenvalue weighted by molar-refractivity contribution is 6.23. The summed E-state index contributed by atoms with van der Waals surface area (Å²) in [4.78, 5) is 32.8. The highest BCUT2D eigenvalue weighted by Crippen LogP contribution is 2.43. The second-order valence-electron chi connectivity index (χ2n) is 4.27. The Morgan fingerprint density at radius 3 is 2.25 bits per heavy atom. The Balaban J connectivity index is 2.32. The lowest BCUT2D eigenvalue weighted by molar-refractivity contribution is -0.385. The van der Waals surface area contributed by atoms with Crippen molar-refractivity contribution in [1.29, 1.82) is 0 Å². The summed E-state index contributed by atoms with van der Waals surface area (Å²) in [6.07, 6.45) is 0. The molecule has 0 fully saturated rings. The molecule has 98 valence electrons. The standard InChI is InChI=1S/C13H6N2O5/c16-13-9-2-1-3-11(15(19)20)12(9)8-5-4-7(14(17)18)6-10(8)13/h1-6H. The molecule has 1 aliphatic carbocycles. The Hall–Kier alpha value is -3.09. The summed E-state index contributed by atoms with van der Waals surface area (Å²) in [5.74, 6) is -0.428. The summed E-state index contributed by atoms with van der Waals surface area (Å²) in [5.41, 5.74) is 0.532. The zero-order chi connectivity index (χ0) is 14.4. The average molecular weight is 270 g/mol. The number of hydrogen-bond donors (Lipinski definition) is 0. The van der Waals surface area contributed by atoms with Crippen molar-refractivity contribution in [3.05, 3.63) is 67.8 Å². The molecule has 2 aromatic rings. The van der Waals surface area contributed by atoms with Crippen LogP contribution >= 0.6 is 0 Å². The molecule has 0 bridgehead atoms. The van der Waals surface area contributed by atoms with Crippen molar-refractivity contribution >= 4 is 17.2 Å². The van der Waals surface area contributed by atoms with Crippen LogP contribution in [0.25, 0.3) is 11.1 Å². The van der Waals surface area contributed by atoms with Gasteiger partial charge in [-0.2, -0.15) is 0 Å². The molecule has 7 heteroatoms. The summed E-state index contributed by atoms with van der Waals surface area (Å²) >= 11 is 0. The molecule has 0 heterocycles. The van der Waals surface area contributed by atoms with Crippen molar-refractivity contribution < 1.29 is 14.6 Å². The van der Waals surface area contributed by atoms with Crippen LogP contribution in [-0.4, -0.2) is 15.6 Å². The van der Waals surface area contributed by atoms with E-state index in [9.17, 15) is 25.0 Å². The molecule has 0 aromatic heterocycles. The summed E-state index contributed by atoms with van der Waals surface area (Å²) in [5, 5.41) is 21.8. The van der Waals surface area contributed by atoms with Gasteiger partial charge in [0.05, 0.1) is 15.4 Å². The van der Waals surface area contributed by atoms with Gasteiger partial charge in [0.1, 0.15) is 0 Å². The van der Waals surface area contributed by atoms with Gasteiger partial charge in [-0.15, -0.1) is 0 Å². The number of nitro groups is 2. The SMILES string of the molecule is O=C1c2cc([N+](=O)[O-])ccc2-c2c1cccc2[N+](=O)[O-]. The number of rotatable bonds is 2. The quantitative estimate of drug-likeness (QED) is 0.526. The van der Waals surface area contributed by atoms with E-state index < -0.39 is 15.6 Å². The zero-order valence-electron chi connectivity index (χ0n) is 9.90. The van der Waals surface area contributed by atoms with Crippen molar-refractivity contribution in [2.24, 2.45) is 0 Å². The number of nitrogens with zero attached hydrogens (tertiary/aromatic N) is 2. The van der Waals surface area contributed by atoms with E-state index in [0.717, 1.165) is 6.07 Å². The van der Waals surface area contributed by atoms with E-state index in [1.807, 2.05) is 0 Å². The Bertz CT molecular complexity index is 797. The van der Waals surface area contributed by atoms with Gasteiger partial charge in [-0.1, -0.05) is 6.07 Å². The van der Waals surface area contributed by atoms with Crippen LogP contribution in [0.5, 0.6) is 0 Å². The molecule has 0 saturated carbocycles. The molecule has 7 nitrogen and oxygen atoms in total. The van der Waals surface area contributed by atoms with Gasteiger partial charge in [-0.3, -0.25) is 25.0 Å². The third-order valence-electron chi connectivity index (χ3n) is 3.21. The first-order valence-electron chi connectivity index (χ1n) is 5.61. The molecule has 0 amide bonds. The summed E-state index contributed by atoms with van der Waals surface area (Å²) in [7, 11) is 0. The fourth-order valence-corrected chi connectivity index (χ4v) is 2.36. The van der Waals surface area contributed by atoms with Crippen LogP contribution in [0.15, 0.2) is 36.4 Å². The number of carbonyl (C=O) groups excluding carboxylic acids is 1. The largest absolute Gasteiger partial charge is 0.289 e. The van der Waals surface area contributed by atoms with Gasteiger partial charge in [-0.25, -0.2) is 0 Å². The van der Waals surface area contributed by atoms with Gasteiger partial charge in [0.25, 0.3) is 11.4 Å². The van der Waals surface area contributed by atoms with E-state index in [1.165, 1.54) is 30.3 Å².